The summed E-state index contributed by atoms with van der Waals surface area (Å²) in [5.74, 6) is 0.625. The number of aliphatic imine (C=N–C) groups is 1. The van der Waals surface area contributed by atoms with Gasteiger partial charge in [0, 0.05) is 0 Å². The van der Waals surface area contributed by atoms with E-state index in [0.29, 0.717) is 5.84 Å². The normalized spacial score (nSPS) is 17.9. The van der Waals surface area contributed by atoms with E-state index in [2.05, 4.69) is 11.1 Å². The summed E-state index contributed by atoms with van der Waals surface area (Å²) in [6, 6.07) is 9.97. The summed E-state index contributed by atoms with van der Waals surface area (Å²) in [5, 5.41) is 9.05. The lowest BCUT2D eigenvalue weighted by atomic mass is 9.98. The predicted molar refractivity (Wildman–Crippen MR) is 65.0 cm³/mol. The SMILES string of the molecule is N#CC1(c2ccc(N=C(N)CCl)cc2)CC1. The molecule has 1 aromatic rings. The van der Waals surface area contributed by atoms with Crippen LogP contribution in [0.3, 0.4) is 0 Å². The van der Waals surface area contributed by atoms with Gasteiger partial charge < -0.3 is 5.73 Å². The molecule has 0 amide bonds. The first-order valence-corrected chi connectivity index (χ1v) is 5.64. The molecule has 16 heavy (non-hydrogen) atoms. The Bertz CT molecular complexity index is 452. The van der Waals surface area contributed by atoms with Crippen LogP contribution in [-0.4, -0.2) is 11.7 Å². The van der Waals surface area contributed by atoms with Crippen LogP contribution in [0.15, 0.2) is 29.3 Å². The molecule has 1 fully saturated rings. The van der Waals surface area contributed by atoms with Gasteiger partial charge in [0.1, 0.15) is 5.84 Å². The summed E-state index contributed by atoms with van der Waals surface area (Å²) in [5.41, 5.74) is 7.14. The second-order valence-corrected chi connectivity index (χ2v) is 4.24. The maximum atomic E-state index is 9.05. The van der Waals surface area contributed by atoms with Gasteiger partial charge in [0.15, 0.2) is 0 Å². The second kappa shape index (κ2) is 4.15. The third kappa shape index (κ3) is 2.02. The molecule has 0 unspecified atom stereocenters. The summed E-state index contributed by atoms with van der Waals surface area (Å²) in [6.45, 7) is 0. The van der Waals surface area contributed by atoms with Gasteiger partial charge in [-0.2, -0.15) is 5.26 Å². The third-order valence-electron chi connectivity index (χ3n) is 2.79. The van der Waals surface area contributed by atoms with Gasteiger partial charge in [-0.25, -0.2) is 4.99 Å². The molecule has 0 radical (unpaired) electrons. The van der Waals surface area contributed by atoms with Crippen molar-refractivity contribution in [1.29, 1.82) is 5.26 Å². The second-order valence-electron chi connectivity index (χ2n) is 3.98. The summed E-state index contributed by atoms with van der Waals surface area (Å²) in [4.78, 5) is 4.13. The Morgan fingerprint density at radius 1 is 1.44 bits per heavy atom. The van der Waals surface area contributed by atoms with Gasteiger partial charge in [-0.1, -0.05) is 12.1 Å². The highest BCUT2D eigenvalue weighted by atomic mass is 35.5. The molecule has 1 aromatic carbocycles. The van der Waals surface area contributed by atoms with Gasteiger partial charge in [-0.3, -0.25) is 0 Å². The average Bonchev–Trinajstić information content (AvgIpc) is 3.11. The average molecular weight is 234 g/mol. The summed E-state index contributed by atoms with van der Waals surface area (Å²) in [6.07, 6.45) is 1.91. The molecule has 0 spiro atoms. The van der Waals surface area contributed by atoms with E-state index in [-0.39, 0.29) is 11.3 Å². The van der Waals surface area contributed by atoms with Crippen LogP contribution in [0.5, 0.6) is 0 Å². The molecule has 2 N–H and O–H groups in total. The number of nitrogens with two attached hydrogens (primary N) is 1. The molecule has 4 heteroatoms. The van der Waals surface area contributed by atoms with Crippen molar-refractivity contribution in [3.05, 3.63) is 29.8 Å². The molecule has 2 rings (SSSR count). The van der Waals surface area contributed by atoms with Crippen LogP contribution in [0.1, 0.15) is 18.4 Å². The first kappa shape index (κ1) is 11.0. The fourth-order valence-electron chi connectivity index (χ4n) is 1.64. The van der Waals surface area contributed by atoms with Crippen LogP contribution in [0.2, 0.25) is 0 Å². The van der Waals surface area contributed by atoms with E-state index >= 15 is 0 Å². The number of nitriles is 1. The van der Waals surface area contributed by atoms with Crippen molar-refractivity contribution in [2.45, 2.75) is 18.3 Å². The highest BCUT2D eigenvalue weighted by Gasteiger charge is 2.44. The molecule has 1 saturated carbocycles. The van der Waals surface area contributed by atoms with E-state index in [9.17, 15) is 0 Å². The molecular weight excluding hydrogens is 222 g/mol. The van der Waals surface area contributed by atoms with E-state index in [1.165, 1.54) is 0 Å². The third-order valence-corrected chi connectivity index (χ3v) is 3.07. The van der Waals surface area contributed by atoms with Crippen LogP contribution in [0.4, 0.5) is 5.69 Å². The Balaban J connectivity index is 2.21. The zero-order valence-electron chi connectivity index (χ0n) is 8.78. The molecule has 0 heterocycles. The number of nitrogens with zero attached hydrogens (tertiary/aromatic N) is 2. The molecule has 0 atom stereocenters. The van der Waals surface area contributed by atoms with Crippen molar-refractivity contribution < 1.29 is 0 Å². The fraction of sp³-hybridized carbons (Fsp3) is 0.333. The zero-order valence-corrected chi connectivity index (χ0v) is 9.54. The van der Waals surface area contributed by atoms with Crippen LogP contribution in [0, 0.1) is 11.3 Å². The van der Waals surface area contributed by atoms with Gasteiger partial charge in [0.2, 0.25) is 0 Å². The maximum absolute atomic E-state index is 9.05. The number of hydrogen-bond donors (Lipinski definition) is 1. The van der Waals surface area contributed by atoms with Gasteiger partial charge in [0.25, 0.3) is 0 Å². The topological polar surface area (TPSA) is 62.2 Å². The molecule has 82 valence electrons. The minimum atomic E-state index is -0.236. The van der Waals surface area contributed by atoms with E-state index < -0.39 is 0 Å². The summed E-state index contributed by atoms with van der Waals surface area (Å²) < 4.78 is 0. The number of rotatable bonds is 3. The Morgan fingerprint density at radius 2 is 2.06 bits per heavy atom. The van der Waals surface area contributed by atoms with Gasteiger partial charge in [-0.05, 0) is 30.5 Å². The summed E-state index contributed by atoms with van der Waals surface area (Å²) in [7, 11) is 0. The van der Waals surface area contributed by atoms with Crippen LogP contribution < -0.4 is 5.73 Å². The van der Waals surface area contributed by atoms with E-state index in [0.717, 1.165) is 24.1 Å². The molecule has 0 aliphatic heterocycles. The first-order chi connectivity index (χ1) is 7.70. The largest absolute Gasteiger partial charge is 0.386 e. The van der Waals surface area contributed by atoms with E-state index in [1.54, 1.807) is 0 Å². The minimum absolute atomic E-state index is 0.226. The van der Waals surface area contributed by atoms with Crippen molar-refractivity contribution in [2.75, 3.05) is 5.88 Å². The Labute approximate surface area is 99.5 Å². The van der Waals surface area contributed by atoms with Gasteiger partial charge in [-0.15, -0.1) is 11.6 Å². The monoisotopic (exact) mass is 233 g/mol. The van der Waals surface area contributed by atoms with Crippen molar-refractivity contribution in [1.82, 2.24) is 0 Å². The molecule has 1 aliphatic carbocycles. The predicted octanol–water partition coefficient (Wildman–Crippen LogP) is 2.47. The lowest BCUT2D eigenvalue weighted by molar-refractivity contribution is 0.908. The smallest absolute Gasteiger partial charge is 0.115 e. The highest BCUT2D eigenvalue weighted by Crippen LogP contribution is 2.47. The number of benzene rings is 1. The fourth-order valence-corrected chi connectivity index (χ4v) is 1.70. The molecule has 0 saturated heterocycles. The molecule has 0 aromatic heterocycles. The van der Waals surface area contributed by atoms with E-state index in [4.69, 9.17) is 22.6 Å². The maximum Gasteiger partial charge on any atom is 0.115 e. The van der Waals surface area contributed by atoms with Crippen molar-refractivity contribution in [3.8, 4) is 6.07 Å². The Kier molecular flexibility index (Phi) is 2.84. The van der Waals surface area contributed by atoms with Gasteiger partial charge >= 0.3 is 0 Å². The minimum Gasteiger partial charge on any atom is -0.386 e. The number of amidine groups is 1. The van der Waals surface area contributed by atoms with Crippen LogP contribution >= 0.6 is 11.6 Å². The van der Waals surface area contributed by atoms with Crippen LogP contribution in [-0.2, 0) is 5.41 Å². The lowest BCUT2D eigenvalue weighted by Crippen LogP contribution is -2.12. The number of halogens is 1. The standard InChI is InChI=1S/C12H12ClN3/c13-7-11(15)16-10-3-1-9(2-4-10)12(8-14)5-6-12/h1-4H,5-7H2,(H2,15,16). The number of alkyl halides is 1. The van der Waals surface area contributed by atoms with E-state index in [1.807, 2.05) is 24.3 Å². The quantitative estimate of drug-likeness (QED) is 0.495. The van der Waals surface area contributed by atoms with Crippen molar-refractivity contribution in [3.63, 3.8) is 0 Å². The molecular formula is C12H12ClN3. The molecule has 3 nitrogen and oxygen atoms in total. The summed E-state index contributed by atoms with van der Waals surface area (Å²) >= 11 is 5.54. The Morgan fingerprint density at radius 3 is 2.50 bits per heavy atom. The van der Waals surface area contributed by atoms with Gasteiger partial charge in [0.05, 0.1) is 23.1 Å². The molecule has 1 aliphatic rings. The van der Waals surface area contributed by atoms with Crippen LogP contribution in [0.25, 0.3) is 0 Å². The Hall–Kier alpha value is -1.53. The first-order valence-electron chi connectivity index (χ1n) is 5.11. The van der Waals surface area contributed by atoms with Crippen molar-refractivity contribution in [2.24, 2.45) is 10.7 Å². The zero-order chi connectivity index (χ0) is 11.6. The highest BCUT2D eigenvalue weighted by molar-refractivity contribution is 6.28. The molecule has 0 bridgehead atoms. The number of hydrogen-bond acceptors (Lipinski definition) is 2. The van der Waals surface area contributed by atoms with Crippen molar-refractivity contribution >= 4 is 23.1 Å². The lowest BCUT2D eigenvalue weighted by Gasteiger charge is -2.05.